The molecule has 4 heteroatoms. The molecule has 20 heavy (non-hydrogen) atoms. The number of hydrogen-bond donors (Lipinski definition) is 1. The molecule has 3 aromatic rings. The van der Waals surface area contributed by atoms with Crippen LogP contribution in [0.1, 0.15) is 25.6 Å². The highest BCUT2D eigenvalue weighted by atomic mass is 16.5. The van der Waals surface area contributed by atoms with Crippen LogP contribution >= 0.6 is 0 Å². The zero-order valence-corrected chi connectivity index (χ0v) is 11.8. The van der Waals surface area contributed by atoms with Gasteiger partial charge in [0.1, 0.15) is 17.2 Å². The number of ether oxygens (including phenoxy) is 1. The first-order valence-electron chi connectivity index (χ1n) is 6.67. The molecule has 102 valence electrons. The standard InChI is InChI=1S/C16H17N3O/c1-10(2)15-17-9-14-13(8-18-16(14)19-15)11-4-6-12(20-3)7-5-11/h4-10H,1-3H3,(H,17,18,19). The first-order chi connectivity index (χ1) is 9.69. The van der Waals surface area contributed by atoms with Gasteiger partial charge >= 0.3 is 0 Å². The third-order valence-corrected chi connectivity index (χ3v) is 3.37. The molecule has 0 fully saturated rings. The monoisotopic (exact) mass is 267 g/mol. The van der Waals surface area contributed by atoms with Crippen molar-refractivity contribution in [1.82, 2.24) is 15.0 Å². The van der Waals surface area contributed by atoms with E-state index in [2.05, 4.69) is 28.8 Å². The Morgan fingerprint density at radius 2 is 1.90 bits per heavy atom. The Bertz CT molecular complexity index is 729. The second kappa shape index (κ2) is 4.96. The summed E-state index contributed by atoms with van der Waals surface area (Å²) in [4.78, 5) is 12.2. The van der Waals surface area contributed by atoms with E-state index in [-0.39, 0.29) is 0 Å². The summed E-state index contributed by atoms with van der Waals surface area (Å²) >= 11 is 0. The number of nitrogens with one attached hydrogen (secondary N) is 1. The van der Waals surface area contributed by atoms with E-state index in [1.807, 2.05) is 36.7 Å². The van der Waals surface area contributed by atoms with Gasteiger partial charge in [-0.15, -0.1) is 0 Å². The van der Waals surface area contributed by atoms with Crippen molar-refractivity contribution in [1.29, 1.82) is 0 Å². The predicted octanol–water partition coefficient (Wildman–Crippen LogP) is 3.76. The highest BCUT2D eigenvalue weighted by molar-refractivity contribution is 5.93. The zero-order chi connectivity index (χ0) is 14.1. The van der Waals surface area contributed by atoms with Crippen LogP contribution in [0.3, 0.4) is 0 Å². The van der Waals surface area contributed by atoms with E-state index in [0.717, 1.165) is 33.7 Å². The summed E-state index contributed by atoms with van der Waals surface area (Å²) in [6.45, 7) is 4.18. The van der Waals surface area contributed by atoms with Crippen molar-refractivity contribution in [2.75, 3.05) is 7.11 Å². The highest BCUT2D eigenvalue weighted by Gasteiger charge is 2.10. The van der Waals surface area contributed by atoms with E-state index in [4.69, 9.17) is 4.74 Å². The number of benzene rings is 1. The lowest BCUT2D eigenvalue weighted by Crippen LogP contribution is -1.96. The molecule has 2 heterocycles. The third kappa shape index (κ3) is 2.13. The van der Waals surface area contributed by atoms with Crippen LogP contribution in [-0.2, 0) is 0 Å². The number of rotatable bonds is 3. The fourth-order valence-electron chi connectivity index (χ4n) is 2.21. The van der Waals surface area contributed by atoms with Crippen LogP contribution in [0.25, 0.3) is 22.2 Å². The average Bonchev–Trinajstić information content (AvgIpc) is 2.90. The molecule has 0 bridgehead atoms. The van der Waals surface area contributed by atoms with Crippen molar-refractivity contribution in [3.63, 3.8) is 0 Å². The summed E-state index contributed by atoms with van der Waals surface area (Å²) in [5.74, 6) is 2.04. The van der Waals surface area contributed by atoms with E-state index in [1.165, 1.54) is 0 Å². The van der Waals surface area contributed by atoms with Gasteiger partial charge < -0.3 is 9.72 Å². The second-order valence-corrected chi connectivity index (χ2v) is 5.08. The maximum atomic E-state index is 5.18. The van der Waals surface area contributed by atoms with Crippen molar-refractivity contribution < 1.29 is 4.74 Å². The third-order valence-electron chi connectivity index (χ3n) is 3.37. The van der Waals surface area contributed by atoms with Gasteiger partial charge in [-0.05, 0) is 17.7 Å². The molecular formula is C16H17N3O. The molecule has 0 amide bonds. The fraction of sp³-hybridized carbons (Fsp3) is 0.250. The molecule has 2 aromatic heterocycles. The van der Waals surface area contributed by atoms with E-state index in [9.17, 15) is 0 Å². The lowest BCUT2D eigenvalue weighted by molar-refractivity contribution is 0.415. The Hall–Kier alpha value is -2.36. The number of H-pyrrole nitrogens is 1. The molecule has 0 aliphatic carbocycles. The average molecular weight is 267 g/mol. The quantitative estimate of drug-likeness (QED) is 0.786. The predicted molar refractivity (Wildman–Crippen MR) is 80.0 cm³/mol. The lowest BCUT2D eigenvalue weighted by Gasteiger charge is -2.04. The highest BCUT2D eigenvalue weighted by Crippen LogP contribution is 2.29. The zero-order valence-electron chi connectivity index (χ0n) is 11.8. The minimum absolute atomic E-state index is 0.326. The Morgan fingerprint density at radius 3 is 2.55 bits per heavy atom. The van der Waals surface area contributed by atoms with Crippen LogP contribution < -0.4 is 4.74 Å². The van der Waals surface area contributed by atoms with Crippen LogP contribution in [0.2, 0.25) is 0 Å². The molecule has 1 aromatic carbocycles. The molecule has 0 saturated heterocycles. The summed E-state index contributed by atoms with van der Waals surface area (Å²) in [5, 5.41) is 1.04. The van der Waals surface area contributed by atoms with Gasteiger partial charge in [-0.1, -0.05) is 26.0 Å². The summed E-state index contributed by atoms with van der Waals surface area (Å²) in [5.41, 5.74) is 3.12. The Labute approximate surface area is 117 Å². The topological polar surface area (TPSA) is 50.8 Å². The second-order valence-electron chi connectivity index (χ2n) is 5.08. The first kappa shape index (κ1) is 12.7. The van der Waals surface area contributed by atoms with Gasteiger partial charge in [0.2, 0.25) is 0 Å². The van der Waals surface area contributed by atoms with Gasteiger partial charge in [-0.25, -0.2) is 9.97 Å². The van der Waals surface area contributed by atoms with Crippen molar-refractivity contribution in [2.45, 2.75) is 19.8 Å². The number of nitrogens with zero attached hydrogens (tertiary/aromatic N) is 2. The Balaban J connectivity index is 2.07. The SMILES string of the molecule is COc1ccc(-c2c[nH]c3nc(C(C)C)ncc23)cc1. The number of hydrogen-bond acceptors (Lipinski definition) is 3. The van der Waals surface area contributed by atoms with Crippen molar-refractivity contribution in [3.8, 4) is 16.9 Å². The van der Waals surface area contributed by atoms with Crippen LogP contribution in [0.4, 0.5) is 0 Å². The molecule has 1 N–H and O–H groups in total. The van der Waals surface area contributed by atoms with Gasteiger partial charge in [-0.3, -0.25) is 0 Å². The molecular weight excluding hydrogens is 250 g/mol. The van der Waals surface area contributed by atoms with Gasteiger partial charge in [-0.2, -0.15) is 0 Å². The first-order valence-corrected chi connectivity index (χ1v) is 6.67. The molecule has 3 rings (SSSR count). The molecule has 0 saturated carbocycles. The maximum absolute atomic E-state index is 5.18. The number of aromatic nitrogens is 3. The van der Waals surface area contributed by atoms with Crippen molar-refractivity contribution in [3.05, 3.63) is 42.5 Å². The minimum atomic E-state index is 0.326. The number of fused-ring (bicyclic) bond motifs is 1. The number of aromatic amines is 1. The van der Waals surface area contributed by atoms with Crippen LogP contribution in [-0.4, -0.2) is 22.1 Å². The van der Waals surface area contributed by atoms with Crippen LogP contribution in [0, 0.1) is 0 Å². The van der Waals surface area contributed by atoms with E-state index < -0.39 is 0 Å². The van der Waals surface area contributed by atoms with Gasteiger partial charge in [0.15, 0.2) is 0 Å². The summed E-state index contributed by atoms with van der Waals surface area (Å²) in [7, 11) is 1.67. The molecule has 0 radical (unpaired) electrons. The number of methoxy groups -OCH3 is 1. The molecule has 0 atom stereocenters. The van der Waals surface area contributed by atoms with Crippen LogP contribution in [0.5, 0.6) is 5.75 Å². The molecule has 0 unspecified atom stereocenters. The van der Waals surface area contributed by atoms with Crippen molar-refractivity contribution >= 4 is 11.0 Å². The summed E-state index contributed by atoms with van der Waals surface area (Å²) < 4.78 is 5.18. The van der Waals surface area contributed by atoms with E-state index in [0.29, 0.717) is 5.92 Å². The van der Waals surface area contributed by atoms with Gasteiger partial charge in [0, 0.05) is 29.3 Å². The maximum Gasteiger partial charge on any atom is 0.141 e. The molecule has 4 nitrogen and oxygen atoms in total. The molecule has 0 spiro atoms. The van der Waals surface area contributed by atoms with Crippen LogP contribution in [0.15, 0.2) is 36.7 Å². The fourth-order valence-corrected chi connectivity index (χ4v) is 2.21. The minimum Gasteiger partial charge on any atom is -0.497 e. The Kier molecular flexibility index (Phi) is 3.14. The summed E-state index contributed by atoms with van der Waals surface area (Å²) in [6, 6.07) is 7.99. The Morgan fingerprint density at radius 1 is 1.15 bits per heavy atom. The smallest absolute Gasteiger partial charge is 0.141 e. The molecule has 0 aliphatic heterocycles. The van der Waals surface area contributed by atoms with E-state index in [1.54, 1.807) is 7.11 Å². The normalized spacial score (nSPS) is 11.2. The van der Waals surface area contributed by atoms with Gasteiger partial charge in [0.25, 0.3) is 0 Å². The lowest BCUT2D eigenvalue weighted by atomic mass is 10.1. The molecule has 0 aliphatic rings. The van der Waals surface area contributed by atoms with E-state index >= 15 is 0 Å². The van der Waals surface area contributed by atoms with Crippen molar-refractivity contribution in [2.24, 2.45) is 0 Å². The largest absolute Gasteiger partial charge is 0.497 e. The van der Waals surface area contributed by atoms with Gasteiger partial charge in [0.05, 0.1) is 7.11 Å². The summed E-state index contributed by atoms with van der Waals surface area (Å²) in [6.07, 6.45) is 3.87.